The molecule has 1 unspecified atom stereocenters. The van der Waals surface area contributed by atoms with Crippen LogP contribution >= 0.6 is 0 Å². The second-order valence-electron chi connectivity index (χ2n) is 5.51. The quantitative estimate of drug-likeness (QED) is 0.863. The van der Waals surface area contributed by atoms with Crippen LogP contribution < -0.4 is 5.32 Å². The molecule has 23 heavy (non-hydrogen) atoms. The Bertz CT molecular complexity index is 746. The predicted molar refractivity (Wildman–Crippen MR) is 84.3 cm³/mol. The third-order valence-electron chi connectivity index (χ3n) is 3.99. The average Bonchev–Trinajstić information content (AvgIpc) is 2.92. The first-order chi connectivity index (χ1) is 11.1. The fraction of sp³-hybridized carbons (Fsp3) is 0.278. The lowest BCUT2D eigenvalue weighted by atomic mass is 9.95. The Morgan fingerprint density at radius 1 is 1.26 bits per heavy atom. The zero-order valence-corrected chi connectivity index (χ0v) is 12.7. The molecule has 3 nitrogen and oxygen atoms in total. The van der Waals surface area contributed by atoms with Crippen molar-refractivity contribution in [1.82, 2.24) is 0 Å². The van der Waals surface area contributed by atoms with E-state index in [0.29, 0.717) is 25.1 Å². The first-order valence-corrected chi connectivity index (χ1v) is 7.57. The highest BCUT2D eigenvalue weighted by Gasteiger charge is 2.25. The van der Waals surface area contributed by atoms with Gasteiger partial charge in [0.1, 0.15) is 11.6 Å². The van der Waals surface area contributed by atoms with Gasteiger partial charge in [-0.2, -0.15) is 0 Å². The van der Waals surface area contributed by atoms with Gasteiger partial charge in [-0.05, 0) is 42.3 Å². The molecule has 5 heteroatoms. The molecule has 2 aromatic carbocycles. The Balaban J connectivity index is 1.87. The van der Waals surface area contributed by atoms with Crippen LogP contribution in [0, 0.1) is 11.6 Å². The van der Waals surface area contributed by atoms with Crippen LogP contribution in [0.1, 0.15) is 24.8 Å². The minimum absolute atomic E-state index is 0.0375. The molecule has 0 saturated carbocycles. The van der Waals surface area contributed by atoms with Crippen LogP contribution in [0.4, 0.5) is 14.5 Å². The molecule has 0 fully saturated rings. The number of rotatable bonds is 4. The summed E-state index contributed by atoms with van der Waals surface area (Å²) in [5.41, 5.74) is 2.67. The zero-order valence-electron chi connectivity index (χ0n) is 12.7. The van der Waals surface area contributed by atoms with Crippen molar-refractivity contribution >= 4 is 11.7 Å². The van der Waals surface area contributed by atoms with Gasteiger partial charge in [0, 0.05) is 23.7 Å². The number of fused-ring (bicyclic) bond motifs is 1. The molecule has 0 saturated heterocycles. The van der Waals surface area contributed by atoms with Gasteiger partial charge in [-0.25, -0.2) is 8.78 Å². The van der Waals surface area contributed by atoms with E-state index < -0.39 is 11.6 Å². The molecule has 0 bridgehead atoms. The summed E-state index contributed by atoms with van der Waals surface area (Å²) in [5.74, 6) is -1.13. The molecular weight excluding hydrogens is 300 g/mol. The minimum Gasteiger partial charge on any atom is -0.466 e. The molecule has 0 amide bonds. The Kier molecular flexibility index (Phi) is 4.28. The van der Waals surface area contributed by atoms with Gasteiger partial charge in [0.2, 0.25) is 0 Å². The van der Waals surface area contributed by atoms with Crippen LogP contribution in [0.3, 0.4) is 0 Å². The molecule has 1 aliphatic heterocycles. The van der Waals surface area contributed by atoms with Crippen molar-refractivity contribution in [2.75, 3.05) is 18.5 Å². The van der Waals surface area contributed by atoms with E-state index in [1.807, 2.05) is 6.07 Å². The lowest BCUT2D eigenvalue weighted by Crippen LogP contribution is -2.11. The van der Waals surface area contributed by atoms with Crippen molar-refractivity contribution in [1.29, 1.82) is 0 Å². The van der Waals surface area contributed by atoms with Gasteiger partial charge in [-0.1, -0.05) is 12.1 Å². The van der Waals surface area contributed by atoms with E-state index in [4.69, 9.17) is 4.74 Å². The van der Waals surface area contributed by atoms with Gasteiger partial charge < -0.3 is 10.1 Å². The van der Waals surface area contributed by atoms with Crippen LogP contribution in [-0.4, -0.2) is 19.1 Å². The minimum atomic E-state index is -0.477. The average molecular weight is 317 g/mol. The molecule has 0 spiro atoms. The second-order valence-corrected chi connectivity index (χ2v) is 5.51. The fourth-order valence-corrected chi connectivity index (χ4v) is 2.90. The van der Waals surface area contributed by atoms with E-state index >= 15 is 0 Å². The molecule has 120 valence electrons. The molecule has 3 rings (SSSR count). The number of ether oxygens (including phenoxy) is 1. The van der Waals surface area contributed by atoms with Gasteiger partial charge in [0.15, 0.2) is 0 Å². The second kappa shape index (κ2) is 6.36. The number of anilines is 1. The van der Waals surface area contributed by atoms with Gasteiger partial charge in [-0.3, -0.25) is 4.79 Å². The summed E-state index contributed by atoms with van der Waals surface area (Å²) in [4.78, 5) is 11.6. The molecule has 0 radical (unpaired) electrons. The largest absolute Gasteiger partial charge is 0.466 e. The number of esters is 1. The van der Waals surface area contributed by atoms with Crippen molar-refractivity contribution in [2.45, 2.75) is 19.3 Å². The Morgan fingerprint density at radius 2 is 2.09 bits per heavy atom. The lowest BCUT2D eigenvalue weighted by Gasteiger charge is -2.10. The number of halogens is 2. The van der Waals surface area contributed by atoms with Gasteiger partial charge in [-0.15, -0.1) is 0 Å². The highest BCUT2D eigenvalue weighted by atomic mass is 19.1. The third kappa shape index (κ3) is 3.18. The number of carbonyl (C=O) groups excluding carboxylic acids is 1. The topological polar surface area (TPSA) is 38.3 Å². The highest BCUT2D eigenvalue weighted by molar-refractivity contribution is 5.75. The van der Waals surface area contributed by atoms with Crippen LogP contribution in [-0.2, 0) is 9.53 Å². The standard InChI is InChI=1S/C18H17F2NO2/c1-2-23-18(22)8-12-10-21-17-7-11(3-5-14(12)17)15-9-13(19)4-6-16(15)20/h3-7,9,12,21H,2,8,10H2,1H3. The summed E-state index contributed by atoms with van der Waals surface area (Å²) >= 11 is 0. The SMILES string of the molecule is CCOC(=O)CC1CNc2cc(-c3cc(F)ccc3F)ccc21. The van der Waals surface area contributed by atoms with E-state index in [2.05, 4.69) is 5.32 Å². The molecule has 1 aliphatic rings. The summed E-state index contributed by atoms with van der Waals surface area (Å²) in [7, 11) is 0. The van der Waals surface area contributed by atoms with Crippen LogP contribution in [0.25, 0.3) is 11.1 Å². The number of nitrogens with one attached hydrogen (secondary N) is 1. The van der Waals surface area contributed by atoms with Crippen molar-refractivity contribution < 1.29 is 18.3 Å². The first kappa shape index (κ1) is 15.5. The van der Waals surface area contributed by atoms with Crippen LogP contribution in [0.2, 0.25) is 0 Å². The number of hydrogen-bond acceptors (Lipinski definition) is 3. The molecular formula is C18H17F2NO2. The summed E-state index contributed by atoms with van der Waals surface area (Å²) in [6, 6.07) is 8.80. The van der Waals surface area contributed by atoms with Crippen LogP contribution in [0.5, 0.6) is 0 Å². The van der Waals surface area contributed by atoms with Gasteiger partial charge in [0.05, 0.1) is 13.0 Å². The lowest BCUT2D eigenvalue weighted by molar-refractivity contribution is -0.143. The van der Waals surface area contributed by atoms with E-state index in [9.17, 15) is 13.6 Å². The first-order valence-electron chi connectivity index (χ1n) is 7.57. The van der Waals surface area contributed by atoms with Crippen molar-refractivity contribution in [3.63, 3.8) is 0 Å². The maximum atomic E-state index is 13.9. The smallest absolute Gasteiger partial charge is 0.306 e. The molecule has 1 atom stereocenters. The maximum Gasteiger partial charge on any atom is 0.306 e. The van der Waals surface area contributed by atoms with Crippen molar-refractivity contribution in [3.05, 3.63) is 53.6 Å². The van der Waals surface area contributed by atoms with E-state index in [0.717, 1.165) is 23.4 Å². The number of carbonyl (C=O) groups is 1. The maximum absolute atomic E-state index is 13.9. The molecule has 1 N–H and O–H groups in total. The number of hydrogen-bond donors (Lipinski definition) is 1. The molecule has 2 aromatic rings. The predicted octanol–water partition coefficient (Wildman–Crippen LogP) is 4.09. The third-order valence-corrected chi connectivity index (χ3v) is 3.99. The molecule has 1 heterocycles. The van der Waals surface area contributed by atoms with Crippen molar-refractivity contribution in [3.8, 4) is 11.1 Å². The normalized spacial score (nSPS) is 15.9. The highest BCUT2D eigenvalue weighted by Crippen LogP contribution is 2.37. The van der Waals surface area contributed by atoms with Crippen molar-refractivity contribution in [2.24, 2.45) is 0 Å². The van der Waals surface area contributed by atoms with Crippen LogP contribution in [0.15, 0.2) is 36.4 Å². The van der Waals surface area contributed by atoms with Gasteiger partial charge in [0.25, 0.3) is 0 Å². The Morgan fingerprint density at radius 3 is 2.87 bits per heavy atom. The van der Waals surface area contributed by atoms with Gasteiger partial charge >= 0.3 is 5.97 Å². The fourth-order valence-electron chi connectivity index (χ4n) is 2.90. The molecule has 0 aliphatic carbocycles. The molecule has 0 aromatic heterocycles. The number of benzene rings is 2. The van der Waals surface area contributed by atoms with E-state index in [1.54, 1.807) is 19.1 Å². The van der Waals surface area contributed by atoms with E-state index in [-0.39, 0.29) is 17.5 Å². The van der Waals surface area contributed by atoms with E-state index in [1.165, 1.54) is 6.07 Å². The monoisotopic (exact) mass is 317 g/mol. The zero-order chi connectivity index (χ0) is 16.4. The summed E-state index contributed by atoms with van der Waals surface area (Å²) < 4.78 is 32.2. The summed E-state index contributed by atoms with van der Waals surface area (Å²) in [5, 5.41) is 3.22. The Labute approximate surface area is 133 Å². The summed E-state index contributed by atoms with van der Waals surface area (Å²) in [6.07, 6.45) is 0.307. The summed E-state index contributed by atoms with van der Waals surface area (Å²) in [6.45, 7) is 2.77. The Hall–Kier alpha value is -2.43.